The lowest BCUT2D eigenvalue weighted by Gasteiger charge is -2.06. The van der Waals surface area contributed by atoms with Gasteiger partial charge >= 0.3 is 0 Å². The van der Waals surface area contributed by atoms with Crippen LogP contribution in [-0.4, -0.2) is 10.9 Å². The fraction of sp³-hybridized carbons (Fsp3) is 0.0769. The Hall–Kier alpha value is -1.58. The van der Waals surface area contributed by atoms with Gasteiger partial charge in [-0.05, 0) is 31.2 Å². The zero-order valence-electron chi connectivity index (χ0n) is 9.58. The molecule has 0 saturated heterocycles. The summed E-state index contributed by atoms with van der Waals surface area (Å²) in [4.78, 5) is 15.9. The molecule has 0 aliphatic carbocycles. The molecule has 0 atom stereocenters. The average Bonchev–Trinajstić information content (AvgIpc) is 2.35. The van der Waals surface area contributed by atoms with Crippen molar-refractivity contribution in [2.45, 2.75) is 6.92 Å². The molecule has 1 aromatic carbocycles. The lowest BCUT2D eigenvalue weighted by molar-refractivity contribution is 0.102. The lowest BCUT2D eigenvalue weighted by atomic mass is 10.2. The predicted octanol–water partition coefficient (Wildman–Crippen LogP) is 3.95. The number of pyridine rings is 1. The molecular formula is C13H10Cl2N2O. The summed E-state index contributed by atoms with van der Waals surface area (Å²) in [6, 6.07) is 10.5. The van der Waals surface area contributed by atoms with Crippen LogP contribution in [-0.2, 0) is 0 Å². The molecule has 0 spiro atoms. The Morgan fingerprint density at radius 2 is 1.78 bits per heavy atom. The van der Waals surface area contributed by atoms with Gasteiger partial charge in [-0.3, -0.25) is 4.79 Å². The first-order valence-corrected chi connectivity index (χ1v) is 6.02. The molecule has 0 radical (unpaired) electrons. The SMILES string of the molecule is Cc1ccc(NC(=O)c2nc(Cl)ccc2Cl)cc1. The van der Waals surface area contributed by atoms with Crippen molar-refractivity contribution in [1.29, 1.82) is 0 Å². The molecule has 18 heavy (non-hydrogen) atoms. The highest BCUT2D eigenvalue weighted by Gasteiger charge is 2.12. The number of hydrogen-bond donors (Lipinski definition) is 1. The number of benzene rings is 1. The van der Waals surface area contributed by atoms with Crippen LogP contribution in [0, 0.1) is 6.92 Å². The number of amides is 1. The first-order valence-electron chi connectivity index (χ1n) is 5.26. The van der Waals surface area contributed by atoms with Crippen LogP contribution >= 0.6 is 23.2 Å². The molecule has 1 amide bonds. The Bertz CT molecular complexity index is 582. The number of rotatable bonds is 2. The molecule has 1 aromatic heterocycles. The summed E-state index contributed by atoms with van der Waals surface area (Å²) in [5.41, 5.74) is 1.92. The van der Waals surface area contributed by atoms with Crippen LogP contribution in [0.1, 0.15) is 16.1 Å². The van der Waals surface area contributed by atoms with Crippen LogP contribution in [0.25, 0.3) is 0 Å². The van der Waals surface area contributed by atoms with Gasteiger partial charge in [0.05, 0.1) is 5.02 Å². The minimum atomic E-state index is -0.383. The molecule has 2 rings (SSSR count). The zero-order chi connectivity index (χ0) is 13.1. The largest absolute Gasteiger partial charge is 0.321 e. The number of carbonyl (C=O) groups is 1. The van der Waals surface area contributed by atoms with Crippen LogP contribution in [0.5, 0.6) is 0 Å². The summed E-state index contributed by atoms with van der Waals surface area (Å²) in [6.45, 7) is 1.97. The Balaban J connectivity index is 2.21. The van der Waals surface area contributed by atoms with Gasteiger partial charge < -0.3 is 5.32 Å². The van der Waals surface area contributed by atoms with Crippen LogP contribution in [0.3, 0.4) is 0 Å². The molecule has 2 aromatic rings. The maximum absolute atomic E-state index is 12.0. The standard InChI is InChI=1S/C13H10Cl2N2O/c1-8-2-4-9(5-3-8)16-13(18)12-10(14)6-7-11(15)17-12/h2-7H,1H3,(H,16,18). The van der Waals surface area contributed by atoms with Crippen molar-refractivity contribution < 1.29 is 4.79 Å². The molecule has 5 heteroatoms. The molecular weight excluding hydrogens is 271 g/mol. The molecule has 0 bridgehead atoms. The first-order chi connectivity index (χ1) is 8.56. The van der Waals surface area contributed by atoms with E-state index in [0.717, 1.165) is 5.56 Å². The van der Waals surface area contributed by atoms with Gasteiger partial charge in [-0.15, -0.1) is 0 Å². The van der Waals surface area contributed by atoms with E-state index >= 15 is 0 Å². The summed E-state index contributed by atoms with van der Waals surface area (Å²) in [5.74, 6) is -0.383. The van der Waals surface area contributed by atoms with Crippen molar-refractivity contribution in [2.24, 2.45) is 0 Å². The van der Waals surface area contributed by atoms with Crippen LogP contribution in [0.4, 0.5) is 5.69 Å². The van der Waals surface area contributed by atoms with E-state index in [1.807, 2.05) is 31.2 Å². The van der Waals surface area contributed by atoms with Crippen molar-refractivity contribution in [1.82, 2.24) is 4.98 Å². The van der Waals surface area contributed by atoms with E-state index in [-0.39, 0.29) is 21.8 Å². The number of halogens is 2. The number of aryl methyl sites for hydroxylation is 1. The molecule has 1 N–H and O–H groups in total. The fourth-order valence-electron chi connectivity index (χ4n) is 1.40. The van der Waals surface area contributed by atoms with Gasteiger partial charge in [0.25, 0.3) is 5.91 Å². The monoisotopic (exact) mass is 280 g/mol. The Morgan fingerprint density at radius 1 is 1.11 bits per heavy atom. The highest BCUT2D eigenvalue weighted by molar-refractivity contribution is 6.35. The van der Waals surface area contributed by atoms with Gasteiger partial charge in [-0.2, -0.15) is 0 Å². The molecule has 3 nitrogen and oxygen atoms in total. The smallest absolute Gasteiger partial charge is 0.275 e. The number of nitrogens with one attached hydrogen (secondary N) is 1. The molecule has 0 fully saturated rings. The van der Waals surface area contributed by atoms with Gasteiger partial charge in [-0.1, -0.05) is 40.9 Å². The molecule has 0 saturated carbocycles. The number of carbonyl (C=O) groups excluding carboxylic acids is 1. The zero-order valence-corrected chi connectivity index (χ0v) is 11.1. The van der Waals surface area contributed by atoms with E-state index in [9.17, 15) is 4.79 Å². The Labute approximate surface area is 115 Å². The summed E-state index contributed by atoms with van der Waals surface area (Å²) >= 11 is 11.6. The van der Waals surface area contributed by atoms with Crippen molar-refractivity contribution in [2.75, 3.05) is 5.32 Å². The Morgan fingerprint density at radius 3 is 2.44 bits per heavy atom. The third kappa shape index (κ3) is 3.00. The summed E-state index contributed by atoms with van der Waals surface area (Å²) in [6.07, 6.45) is 0. The number of nitrogens with zero attached hydrogens (tertiary/aromatic N) is 1. The fourth-order valence-corrected chi connectivity index (χ4v) is 1.74. The third-order valence-electron chi connectivity index (χ3n) is 2.34. The summed E-state index contributed by atoms with van der Waals surface area (Å²) in [5, 5.41) is 3.21. The highest BCUT2D eigenvalue weighted by Crippen LogP contribution is 2.18. The van der Waals surface area contributed by atoms with E-state index in [1.165, 1.54) is 6.07 Å². The number of anilines is 1. The van der Waals surface area contributed by atoms with Crippen LogP contribution in [0.15, 0.2) is 36.4 Å². The van der Waals surface area contributed by atoms with Gasteiger partial charge in [0, 0.05) is 5.69 Å². The molecule has 92 valence electrons. The van der Waals surface area contributed by atoms with E-state index in [0.29, 0.717) is 5.69 Å². The highest BCUT2D eigenvalue weighted by atomic mass is 35.5. The second kappa shape index (κ2) is 5.38. The van der Waals surface area contributed by atoms with Crippen molar-refractivity contribution >= 4 is 34.8 Å². The van der Waals surface area contributed by atoms with E-state index in [2.05, 4.69) is 10.3 Å². The molecule has 1 heterocycles. The number of aromatic nitrogens is 1. The normalized spacial score (nSPS) is 10.2. The Kier molecular flexibility index (Phi) is 3.84. The van der Waals surface area contributed by atoms with E-state index in [1.54, 1.807) is 6.07 Å². The molecule has 0 unspecified atom stereocenters. The van der Waals surface area contributed by atoms with Crippen LogP contribution in [0.2, 0.25) is 10.2 Å². The van der Waals surface area contributed by atoms with Crippen molar-refractivity contribution in [3.63, 3.8) is 0 Å². The quantitative estimate of drug-likeness (QED) is 0.847. The minimum absolute atomic E-state index is 0.116. The number of hydrogen-bond acceptors (Lipinski definition) is 2. The second-order valence-corrected chi connectivity index (χ2v) is 4.58. The average molecular weight is 281 g/mol. The third-order valence-corrected chi connectivity index (χ3v) is 2.85. The van der Waals surface area contributed by atoms with Crippen molar-refractivity contribution in [3.8, 4) is 0 Å². The summed E-state index contributed by atoms with van der Waals surface area (Å²) < 4.78 is 0. The van der Waals surface area contributed by atoms with Gasteiger partial charge in [0.15, 0.2) is 0 Å². The van der Waals surface area contributed by atoms with Crippen molar-refractivity contribution in [3.05, 3.63) is 57.8 Å². The first kappa shape index (κ1) is 12.9. The topological polar surface area (TPSA) is 42.0 Å². The van der Waals surface area contributed by atoms with Gasteiger partial charge in [0.1, 0.15) is 10.8 Å². The summed E-state index contributed by atoms with van der Waals surface area (Å²) in [7, 11) is 0. The van der Waals surface area contributed by atoms with E-state index in [4.69, 9.17) is 23.2 Å². The van der Waals surface area contributed by atoms with Gasteiger partial charge in [0.2, 0.25) is 0 Å². The van der Waals surface area contributed by atoms with Gasteiger partial charge in [-0.25, -0.2) is 4.98 Å². The van der Waals surface area contributed by atoms with E-state index < -0.39 is 0 Å². The minimum Gasteiger partial charge on any atom is -0.321 e. The maximum Gasteiger partial charge on any atom is 0.275 e. The molecule has 0 aliphatic heterocycles. The maximum atomic E-state index is 12.0. The second-order valence-electron chi connectivity index (χ2n) is 3.78. The van der Waals surface area contributed by atoms with Crippen LogP contribution < -0.4 is 5.32 Å². The lowest BCUT2D eigenvalue weighted by Crippen LogP contribution is -2.14. The molecule has 0 aliphatic rings. The predicted molar refractivity (Wildman–Crippen MR) is 73.4 cm³/mol.